The fourth-order valence-corrected chi connectivity index (χ4v) is 3.16. The summed E-state index contributed by atoms with van der Waals surface area (Å²) in [6.45, 7) is 7.65. The Hall–Kier alpha value is -2.37. The normalized spacial score (nSPS) is 12.9. The largest absolute Gasteiger partial charge is 0.346 e. The lowest BCUT2D eigenvalue weighted by Crippen LogP contribution is -2.45. The Balaban J connectivity index is 1.87. The van der Waals surface area contributed by atoms with E-state index in [1.807, 2.05) is 56.3 Å². The number of amides is 2. The molecule has 0 saturated carbocycles. The van der Waals surface area contributed by atoms with Gasteiger partial charge in [-0.2, -0.15) is 0 Å². The monoisotopic (exact) mass is 401 g/mol. The zero-order valence-electron chi connectivity index (χ0n) is 16.8. The molecule has 150 valence electrons. The molecule has 0 fully saturated rings. The van der Waals surface area contributed by atoms with Gasteiger partial charge in [0.15, 0.2) is 0 Å². The summed E-state index contributed by atoms with van der Waals surface area (Å²) in [6.07, 6.45) is 0.826. The first-order valence-corrected chi connectivity index (χ1v) is 9.85. The van der Waals surface area contributed by atoms with Gasteiger partial charge in [-0.1, -0.05) is 48.9 Å². The number of carbonyl (C=O) groups excluding carboxylic acids is 2. The van der Waals surface area contributed by atoms with E-state index < -0.39 is 6.04 Å². The topological polar surface area (TPSA) is 70.2 Å². The maximum Gasteiger partial charge on any atom is 0.243 e. The number of hydrogen-bond acceptors (Lipinski definition) is 3. The minimum atomic E-state index is -0.436. The molecule has 0 aliphatic heterocycles. The summed E-state index contributed by atoms with van der Waals surface area (Å²) in [5.41, 5.74) is 3.84. The van der Waals surface area contributed by atoms with Crippen LogP contribution in [0, 0.1) is 13.8 Å². The highest BCUT2D eigenvalue weighted by Crippen LogP contribution is 2.20. The van der Waals surface area contributed by atoms with E-state index in [0.717, 1.165) is 28.8 Å². The fraction of sp³-hybridized carbons (Fsp3) is 0.364. The summed E-state index contributed by atoms with van der Waals surface area (Å²) in [6, 6.07) is 13.0. The van der Waals surface area contributed by atoms with Crippen LogP contribution in [0.2, 0.25) is 5.02 Å². The van der Waals surface area contributed by atoms with E-state index in [1.54, 1.807) is 6.92 Å². The molecule has 0 aliphatic rings. The number of hydrogen-bond donors (Lipinski definition) is 3. The predicted molar refractivity (Wildman–Crippen MR) is 115 cm³/mol. The van der Waals surface area contributed by atoms with Gasteiger partial charge in [-0.15, -0.1) is 0 Å². The molecular weight excluding hydrogens is 374 g/mol. The van der Waals surface area contributed by atoms with Gasteiger partial charge in [0.25, 0.3) is 0 Å². The summed E-state index contributed by atoms with van der Waals surface area (Å²) >= 11 is 5.94. The van der Waals surface area contributed by atoms with Crippen LogP contribution in [0.15, 0.2) is 42.5 Å². The lowest BCUT2D eigenvalue weighted by molar-refractivity contribution is -0.125. The molecule has 0 heterocycles. The smallest absolute Gasteiger partial charge is 0.243 e. The Morgan fingerprint density at radius 3 is 2.21 bits per heavy atom. The van der Waals surface area contributed by atoms with Crippen LogP contribution in [0.4, 0.5) is 5.69 Å². The van der Waals surface area contributed by atoms with Crippen LogP contribution in [-0.4, -0.2) is 24.4 Å². The molecule has 2 atom stereocenters. The lowest BCUT2D eigenvalue weighted by atomic mass is 10.0. The van der Waals surface area contributed by atoms with Gasteiger partial charge < -0.3 is 10.6 Å². The highest BCUT2D eigenvalue weighted by atomic mass is 35.5. The number of anilines is 1. The van der Waals surface area contributed by atoms with Crippen molar-refractivity contribution < 1.29 is 9.59 Å². The average Bonchev–Trinajstić information content (AvgIpc) is 2.67. The Morgan fingerprint density at radius 2 is 1.64 bits per heavy atom. The molecule has 0 saturated heterocycles. The summed E-state index contributed by atoms with van der Waals surface area (Å²) < 4.78 is 0. The third kappa shape index (κ3) is 6.08. The number of nitrogens with one attached hydrogen (secondary N) is 3. The van der Waals surface area contributed by atoms with E-state index in [1.165, 1.54) is 0 Å². The SMILES string of the molecule is CCC(NC(C)C(=O)NCC(=O)Nc1c(C)cccc1C)c1ccc(Cl)cc1. The Kier molecular flexibility index (Phi) is 8.03. The minimum Gasteiger partial charge on any atom is -0.346 e. The van der Waals surface area contributed by atoms with Crippen molar-refractivity contribution in [3.63, 3.8) is 0 Å². The molecular formula is C22H28ClN3O2. The molecule has 2 unspecified atom stereocenters. The van der Waals surface area contributed by atoms with E-state index in [2.05, 4.69) is 22.9 Å². The van der Waals surface area contributed by atoms with Crippen molar-refractivity contribution in [3.05, 3.63) is 64.2 Å². The number of halogens is 1. The first kappa shape index (κ1) is 21.9. The molecule has 0 aromatic heterocycles. The van der Waals surface area contributed by atoms with Crippen LogP contribution in [-0.2, 0) is 9.59 Å². The highest BCUT2D eigenvalue weighted by molar-refractivity contribution is 6.30. The van der Waals surface area contributed by atoms with Crippen LogP contribution in [0.1, 0.15) is 43.0 Å². The van der Waals surface area contributed by atoms with Gasteiger partial charge in [-0.25, -0.2) is 0 Å². The van der Waals surface area contributed by atoms with Gasteiger partial charge in [0.1, 0.15) is 0 Å². The molecule has 2 rings (SSSR count). The van der Waals surface area contributed by atoms with Crippen molar-refractivity contribution in [2.24, 2.45) is 0 Å². The zero-order valence-corrected chi connectivity index (χ0v) is 17.6. The van der Waals surface area contributed by atoms with Crippen molar-refractivity contribution in [1.29, 1.82) is 0 Å². The van der Waals surface area contributed by atoms with Crippen molar-refractivity contribution >= 4 is 29.1 Å². The lowest BCUT2D eigenvalue weighted by Gasteiger charge is -2.22. The fourth-order valence-electron chi connectivity index (χ4n) is 3.04. The summed E-state index contributed by atoms with van der Waals surface area (Å²) in [5.74, 6) is -0.466. The van der Waals surface area contributed by atoms with Gasteiger partial charge in [-0.3, -0.25) is 14.9 Å². The number of para-hydroxylation sites is 1. The highest BCUT2D eigenvalue weighted by Gasteiger charge is 2.19. The number of aryl methyl sites for hydroxylation is 2. The summed E-state index contributed by atoms with van der Waals surface area (Å²) in [4.78, 5) is 24.6. The molecule has 0 aliphatic carbocycles. The summed E-state index contributed by atoms with van der Waals surface area (Å²) in [7, 11) is 0. The van der Waals surface area contributed by atoms with E-state index in [9.17, 15) is 9.59 Å². The second kappa shape index (κ2) is 10.2. The van der Waals surface area contributed by atoms with Crippen molar-refractivity contribution in [2.75, 3.05) is 11.9 Å². The molecule has 28 heavy (non-hydrogen) atoms. The second-order valence-electron chi connectivity index (χ2n) is 6.93. The van der Waals surface area contributed by atoms with E-state index in [-0.39, 0.29) is 24.4 Å². The zero-order chi connectivity index (χ0) is 20.7. The molecule has 2 aromatic carbocycles. The van der Waals surface area contributed by atoms with Gasteiger partial charge in [0, 0.05) is 16.8 Å². The molecule has 5 nitrogen and oxygen atoms in total. The quantitative estimate of drug-likeness (QED) is 0.622. The molecule has 3 N–H and O–H groups in total. The molecule has 2 amide bonds. The Labute approximate surface area is 171 Å². The first-order chi connectivity index (χ1) is 13.3. The molecule has 0 bridgehead atoms. The van der Waals surface area contributed by atoms with E-state index in [0.29, 0.717) is 5.02 Å². The standard InChI is InChI=1S/C22H28ClN3O2/c1-5-19(17-9-11-18(23)12-10-17)25-16(4)22(28)24-13-20(27)26-21-14(2)7-6-8-15(21)3/h6-12,16,19,25H,5,13H2,1-4H3,(H,24,28)(H,26,27). The number of benzene rings is 2. The molecule has 2 aromatic rings. The average molecular weight is 402 g/mol. The van der Waals surface area contributed by atoms with Crippen molar-refractivity contribution in [2.45, 2.75) is 46.2 Å². The minimum absolute atomic E-state index is 0.0291. The summed E-state index contributed by atoms with van der Waals surface area (Å²) in [5, 5.41) is 9.55. The van der Waals surface area contributed by atoms with Crippen LogP contribution in [0.3, 0.4) is 0 Å². The molecule has 0 spiro atoms. The van der Waals surface area contributed by atoms with Gasteiger partial charge in [0.2, 0.25) is 11.8 Å². The Morgan fingerprint density at radius 1 is 1.04 bits per heavy atom. The van der Waals surface area contributed by atoms with Gasteiger partial charge in [0.05, 0.1) is 12.6 Å². The van der Waals surface area contributed by atoms with Crippen molar-refractivity contribution in [3.8, 4) is 0 Å². The van der Waals surface area contributed by atoms with Gasteiger partial charge in [-0.05, 0) is 56.0 Å². The Bertz CT molecular complexity index is 801. The van der Waals surface area contributed by atoms with E-state index >= 15 is 0 Å². The predicted octanol–water partition coefficient (Wildman–Crippen LogP) is 4.14. The van der Waals surface area contributed by atoms with Crippen LogP contribution in [0.5, 0.6) is 0 Å². The number of carbonyl (C=O) groups is 2. The van der Waals surface area contributed by atoms with Crippen LogP contribution >= 0.6 is 11.6 Å². The van der Waals surface area contributed by atoms with Crippen molar-refractivity contribution in [1.82, 2.24) is 10.6 Å². The third-order valence-electron chi connectivity index (χ3n) is 4.69. The first-order valence-electron chi connectivity index (χ1n) is 9.47. The van der Waals surface area contributed by atoms with Crippen LogP contribution in [0.25, 0.3) is 0 Å². The molecule has 6 heteroatoms. The number of rotatable bonds is 8. The third-order valence-corrected chi connectivity index (χ3v) is 4.95. The van der Waals surface area contributed by atoms with E-state index in [4.69, 9.17) is 11.6 Å². The second-order valence-corrected chi connectivity index (χ2v) is 7.37. The maximum atomic E-state index is 12.4. The maximum absolute atomic E-state index is 12.4. The molecule has 0 radical (unpaired) electrons. The van der Waals surface area contributed by atoms with Gasteiger partial charge >= 0.3 is 0 Å². The van der Waals surface area contributed by atoms with Crippen LogP contribution < -0.4 is 16.0 Å².